The van der Waals surface area contributed by atoms with Gasteiger partial charge in [0.25, 0.3) is 0 Å². The second kappa shape index (κ2) is 7.24. The number of rotatable bonds is 3. The molecule has 26 heavy (non-hydrogen) atoms. The maximum absolute atomic E-state index is 12.5. The van der Waals surface area contributed by atoms with Gasteiger partial charge >= 0.3 is 6.09 Å². The highest BCUT2D eigenvalue weighted by molar-refractivity contribution is 5.71. The van der Waals surface area contributed by atoms with Crippen LogP contribution in [0.5, 0.6) is 0 Å². The summed E-state index contributed by atoms with van der Waals surface area (Å²) in [6.07, 6.45) is 3.85. The Bertz CT molecular complexity index is 793. The molecular weight excluding hydrogens is 324 g/mol. The Labute approximate surface area is 155 Å². The van der Waals surface area contributed by atoms with Crippen molar-refractivity contribution in [2.45, 2.75) is 38.5 Å². The van der Waals surface area contributed by atoms with Gasteiger partial charge in [-0.05, 0) is 44.0 Å². The maximum atomic E-state index is 12.5. The van der Waals surface area contributed by atoms with Crippen molar-refractivity contribution in [2.75, 3.05) is 11.9 Å². The Balaban J connectivity index is 1.91. The third-order valence-electron chi connectivity index (χ3n) is 4.43. The first-order valence-electron chi connectivity index (χ1n) is 8.90. The molecule has 1 N–H and O–H groups in total. The third kappa shape index (κ3) is 4.07. The van der Waals surface area contributed by atoms with E-state index in [2.05, 4.69) is 46.6 Å². The molecule has 4 nitrogen and oxygen atoms in total. The minimum atomic E-state index is -0.533. The zero-order valence-electron chi connectivity index (χ0n) is 15.8. The fourth-order valence-electron chi connectivity index (χ4n) is 3.23. The number of benzene rings is 2. The molecule has 1 amide bonds. The average molecular weight is 350 g/mol. The molecule has 0 radical (unpaired) electrons. The zero-order valence-corrected chi connectivity index (χ0v) is 15.8. The van der Waals surface area contributed by atoms with Crippen LogP contribution in [0.25, 0.3) is 6.08 Å². The Morgan fingerprint density at radius 1 is 1.04 bits per heavy atom. The van der Waals surface area contributed by atoms with Gasteiger partial charge in [-0.2, -0.15) is 0 Å². The van der Waals surface area contributed by atoms with Gasteiger partial charge in [0.2, 0.25) is 0 Å². The number of amides is 1. The lowest BCUT2D eigenvalue weighted by molar-refractivity contribution is 0.0499. The number of hydrogen-bond acceptors (Lipinski definition) is 3. The molecule has 0 bridgehead atoms. The molecule has 0 saturated heterocycles. The summed E-state index contributed by atoms with van der Waals surface area (Å²) < 4.78 is 5.50. The SMILES string of the molecule is CN(c1ccccc1)[C@@H]1C=Cc2ccccc2[C@H]1NC(=O)OC(C)(C)C. The van der Waals surface area contributed by atoms with Crippen molar-refractivity contribution in [1.82, 2.24) is 5.32 Å². The molecule has 0 saturated carbocycles. The van der Waals surface area contributed by atoms with Gasteiger partial charge in [-0.15, -0.1) is 0 Å². The summed E-state index contributed by atoms with van der Waals surface area (Å²) in [5.41, 5.74) is 2.77. The molecule has 0 aromatic heterocycles. The van der Waals surface area contributed by atoms with Crippen molar-refractivity contribution >= 4 is 17.9 Å². The Morgan fingerprint density at radius 2 is 1.69 bits per heavy atom. The first-order chi connectivity index (χ1) is 12.3. The molecule has 2 aromatic rings. The van der Waals surface area contributed by atoms with E-state index in [4.69, 9.17) is 4.74 Å². The lowest BCUT2D eigenvalue weighted by Gasteiger charge is -2.38. The van der Waals surface area contributed by atoms with E-state index in [1.807, 2.05) is 58.2 Å². The number of anilines is 1. The van der Waals surface area contributed by atoms with E-state index in [0.717, 1.165) is 16.8 Å². The van der Waals surface area contributed by atoms with E-state index in [9.17, 15) is 4.79 Å². The highest BCUT2D eigenvalue weighted by Gasteiger charge is 2.32. The molecule has 136 valence electrons. The number of hydrogen-bond donors (Lipinski definition) is 1. The third-order valence-corrected chi connectivity index (χ3v) is 4.43. The molecule has 0 fully saturated rings. The predicted octanol–water partition coefficient (Wildman–Crippen LogP) is 4.78. The number of carbonyl (C=O) groups is 1. The molecule has 0 aliphatic heterocycles. The molecule has 2 aromatic carbocycles. The molecule has 4 heteroatoms. The lowest BCUT2D eigenvalue weighted by Crippen LogP contribution is -2.46. The molecule has 1 aliphatic rings. The monoisotopic (exact) mass is 350 g/mol. The summed E-state index contributed by atoms with van der Waals surface area (Å²) in [5.74, 6) is 0. The quantitative estimate of drug-likeness (QED) is 0.866. The molecule has 0 spiro atoms. The van der Waals surface area contributed by atoms with Crippen molar-refractivity contribution in [2.24, 2.45) is 0 Å². The highest BCUT2D eigenvalue weighted by Crippen LogP contribution is 2.32. The number of nitrogens with zero attached hydrogens (tertiary/aromatic N) is 1. The van der Waals surface area contributed by atoms with E-state index in [0.29, 0.717) is 0 Å². The van der Waals surface area contributed by atoms with Crippen LogP contribution in [0, 0.1) is 0 Å². The summed E-state index contributed by atoms with van der Waals surface area (Å²) in [5, 5.41) is 3.08. The van der Waals surface area contributed by atoms with Crippen LogP contribution in [0.4, 0.5) is 10.5 Å². The van der Waals surface area contributed by atoms with E-state index < -0.39 is 11.7 Å². The predicted molar refractivity (Wildman–Crippen MR) is 106 cm³/mol. The molecule has 0 heterocycles. The van der Waals surface area contributed by atoms with Gasteiger partial charge in [-0.25, -0.2) is 4.79 Å². The minimum absolute atomic E-state index is 0.0141. The van der Waals surface area contributed by atoms with Gasteiger partial charge in [0.15, 0.2) is 0 Å². The topological polar surface area (TPSA) is 41.6 Å². The number of nitrogens with one attached hydrogen (secondary N) is 1. The fraction of sp³-hybridized carbons (Fsp3) is 0.318. The van der Waals surface area contributed by atoms with Gasteiger partial charge in [0, 0.05) is 12.7 Å². The Hall–Kier alpha value is -2.75. The molecular formula is C22H26N2O2. The van der Waals surface area contributed by atoms with Crippen molar-refractivity contribution < 1.29 is 9.53 Å². The fourth-order valence-corrected chi connectivity index (χ4v) is 3.23. The van der Waals surface area contributed by atoms with Crippen LogP contribution in [-0.2, 0) is 4.74 Å². The van der Waals surface area contributed by atoms with E-state index in [-0.39, 0.29) is 12.1 Å². The number of alkyl carbamates (subject to hydrolysis) is 1. The van der Waals surface area contributed by atoms with Crippen LogP contribution in [-0.4, -0.2) is 24.8 Å². The smallest absolute Gasteiger partial charge is 0.408 e. The highest BCUT2D eigenvalue weighted by atomic mass is 16.6. The van der Waals surface area contributed by atoms with Gasteiger partial charge in [0.1, 0.15) is 5.60 Å². The summed E-state index contributed by atoms with van der Waals surface area (Å²) in [6, 6.07) is 18.1. The molecule has 1 aliphatic carbocycles. The summed E-state index contributed by atoms with van der Waals surface area (Å²) >= 11 is 0. The minimum Gasteiger partial charge on any atom is -0.444 e. The molecule has 3 rings (SSSR count). The molecule has 0 unspecified atom stereocenters. The largest absolute Gasteiger partial charge is 0.444 e. The number of likely N-dealkylation sites (N-methyl/N-ethyl adjacent to an activating group) is 1. The number of carbonyl (C=O) groups excluding carboxylic acids is 1. The normalized spacial score (nSPS) is 18.8. The van der Waals surface area contributed by atoms with E-state index in [1.165, 1.54) is 0 Å². The van der Waals surface area contributed by atoms with Crippen LogP contribution in [0.3, 0.4) is 0 Å². The van der Waals surface area contributed by atoms with Gasteiger partial charge in [0.05, 0.1) is 12.1 Å². The van der Waals surface area contributed by atoms with Crippen molar-refractivity contribution in [3.05, 3.63) is 71.8 Å². The second-order valence-electron chi connectivity index (χ2n) is 7.55. The first kappa shape index (κ1) is 18.1. The van der Waals surface area contributed by atoms with Crippen LogP contribution >= 0.6 is 0 Å². The summed E-state index contributed by atoms with van der Waals surface area (Å²) in [6.45, 7) is 5.61. The van der Waals surface area contributed by atoms with E-state index >= 15 is 0 Å². The van der Waals surface area contributed by atoms with Crippen molar-refractivity contribution in [3.8, 4) is 0 Å². The van der Waals surface area contributed by atoms with Crippen LogP contribution in [0.15, 0.2) is 60.7 Å². The number of para-hydroxylation sites is 1. The number of fused-ring (bicyclic) bond motifs is 1. The van der Waals surface area contributed by atoms with Crippen molar-refractivity contribution in [1.29, 1.82) is 0 Å². The average Bonchev–Trinajstić information content (AvgIpc) is 2.60. The zero-order chi connectivity index (χ0) is 18.7. The van der Waals surface area contributed by atoms with Crippen LogP contribution in [0.2, 0.25) is 0 Å². The Kier molecular flexibility index (Phi) is 5.03. The number of ether oxygens (including phenoxy) is 1. The molecule has 2 atom stereocenters. The van der Waals surface area contributed by atoms with Crippen LogP contribution < -0.4 is 10.2 Å². The van der Waals surface area contributed by atoms with E-state index in [1.54, 1.807) is 0 Å². The summed E-state index contributed by atoms with van der Waals surface area (Å²) in [7, 11) is 2.04. The standard InChI is InChI=1S/C22H26N2O2/c1-22(2,3)26-21(25)23-20-18-13-9-8-10-16(18)14-15-19(20)24(4)17-11-6-5-7-12-17/h5-15,19-20H,1-4H3,(H,23,25)/t19-,20-/m1/s1. The maximum Gasteiger partial charge on any atom is 0.408 e. The Morgan fingerprint density at radius 3 is 2.38 bits per heavy atom. The van der Waals surface area contributed by atoms with Crippen molar-refractivity contribution in [3.63, 3.8) is 0 Å². The second-order valence-corrected chi connectivity index (χ2v) is 7.55. The summed E-state index contributed by atoms with van der Waals surface area (Å²) in [4.78, 5) is 14.6. The van der Waals surface area contributed by atoms with Gasteiger partial charge < -0.3 is 15.0 Å². The van der Waals surface area contributed by atoms with Gasteiger partial charge in [-0.1, -0.05) is 54.6 Å². The first-order valence-corrected chi connectivity index (χ1v) is 8.90. The van der Waals surface area contributed by atoms with Crippen LogP contribution in [0.1, 0.15) is 37.9 Å². The van der Waals surface area contributed by atoms with Gasteiger partial charge in [-0.3, -0.25) is 0 Å². The lowest BCUT2D eigenvalue weighted by atomic mass is 9.88.